The number of rotatable bonds is 3. The molecule has 1 fully saturated rings. The molecule has 0 aromatic heterocycles. The number of carbonyl (C=O) groups is 2. The van der Waals surface area contributed by atoms with Gasteiger partial charge in [-0.15, -0.1) is 0 Å². The molecule has 0 spiro atoms. The Kier molecular flexibility index (Phi) is 8.13. The molecule has 1 rings (SSSR count). The van der Waals surface area contributed by atoms with Crippen LogP contribution in [0.25, 0.3) is 0 Å². The summed E-state index contributed by atoms with van der Waals surface area (Å²) < 4.78 is 0. The molecule has 8 nitrogen and oxygen atoms in total. The minimum absolute atomic E-state index is 0.0711. The van der Waals surface area contributed by atoms with Gasteiger partial charge in [0.2, 0.25) is 11.8 Å². The fourth-order valence-electron chi connectivity index (χ4n) is 2.48. The number of hydrogen-bond donors (Lipinski definition) is 4. The third-order valence-electron chi connectivity index (χ3n) is 3.36. The third-order valence-corrected chi connectivity index (χ3v) is 4.93. The molecule has 6 N–H and O–H groups in total. The number of carbonyl (C=O) groups excluding carboxylic acids is 2. The van der Waals surface area contributed by atoms with Crippen LogP contribution in [0.15, 0.2) is 9.98 Å². The van der Waals surface area contributed by atoms with Crippen molar-refractivity contribution >= 4 is 55.8 Å². The van der Waals surface area contributed by atoms with E-state index in [1.54, 1.807) is 0 Å². The quantitative estimate of drug-likeness (QED) is 0.439. The van der Waals surface area contributed by atoms with Gasteiger partial charge in [0.1, 0.15) is 0 Å². The molecule has 0 radical (unpaired) electrons. The summed E-state index contributed by atoms with van der Waals surface area (Å²) in [5.74, 6) is -0.412. The Morgan fingerprint density at radius 2 is 1.58 bits per heavy atom. The van der Waals surface area contributed by atoms with Gasteiger partial charge in [0.15, 0.2) is 10.3 Å². The highest BCUT2D eigenvalue weighted by Gasteiger charge is 2.29. The second-order valence-electron chi connectivity index (χ2n) is 5.51. The first-order chi connectivity index (χ1) is 11.2. The summed E-state index contributed by atoms with van der Waals surface area (Å²) >= 11 is 2.01. The first-order valence-corrected chi connectivity index (χ1v) is 9.01. The van der Waals surface area contributed by atoms with Crippen LogP contribution in [0.3, 0.4) is 0 Å². The van der Waals surface area contributed by atoms with E-state index in [2.05, 4.69) is 9.98 Å². The molecule has 0 aromatic carbocycles. The smallest absolute Gasteiger partial charge is 0.244 e. The molecule has 0 aliphatic heterocycles. The van der Waals surface area contributed by atoms with Gasteiger partial charge in [-0.1, -0.05) is 0 Å². The van der Waals surface area contributed by atoms with E-state index < -0.39 is 0 Å². The first-order valence-electron chi connectivity index (χ1n) is 7.38. The maximum absolute atomic E-state index is 10.9. The second-order valence-corrected chi connectivity index (χ2v) is 7.69. The average Bonchev–Trinajstić information content (AvgIpc) is 2.84. The van der Waals surface area contributed by atoms with Crippen LogP contribution in [0.4, 0.5) is 0 Å². The van der Waals surface area contributed by atoms with Crippen LogP contribution in [-0.2, 0) is 9.59 Å². The minimum atomic E-state index is -0.385. The van der Waals surface area contributed by atoms with E-state index in [1.807, 2.05) is 0 Å². The summed E-state index contributed by atoms with van der Waals surface area (Å²) in [6.45, 7) is 2.62. The molecular formula is C14H22N6O2S2. The maximum atomic E-state index is 10.9. The zero-order valence-corrected chi connectivity index (χ0v) is 15.3. The summed E-state index contributed by atoms with van der Waals surface area (Å²) in [5, 5.41) is 17.0. The number of amidine groups is 2. The Bertz CT molecular complexity index is 602. The second kappa shape index (κ2) is 9.58. The molecule has 0 saturated heterocycles. The lowest BCUT2D eigenvalue weighted by Gasteiger charge is -2.12. The number of nitrogens with two attached hydrogens (primary N) is 2. The molecule has 132 valence electrons. The molecule has 24 heavy (non-hydrogen) atoms. The van der Waals surface area contributed by atoms with Crippen LogP contribution in [0, 0.1) is 22.7 Å². The van der Waals surface area contributed by atoms with Crippen molar-refractivity contribution in [2.75, 3.05) is 0 Å². The van der Waals surface area contributed by atoms with Crippen molar-refractivity contribution in [2.24, 2.45) is 33.3 Å². The topological polar surface area (TPSA) is 159 Å². The summed E-state index contributed by atoms with van der Waals surface area (Å²) in [6, 6.07) is 0. The van der Waals surface area contributed by atoms with Gasteiger partial charge in [-0.3, -0.25) is 20.4 Å². The Morgan fingerprint density at radius 3 is 2.12 bits per heavy atom. The molecule has 0 heterocycles. The van der Waals surface area contributed by atoms with E-state index >= 15 is 0 Å². The van der Waals surface area contributed by atoms with Crippen LogP contribution in [0.1, 0.15) is 39.5 Å². The van der Waals surface area contributed by atoms with Crippen LogP contribution in [-0.4, -0.2) is 32.2 Å². The monoisotopic (exact) mass is 370 g/mol. The van der Waals surface area contributed by atoms with Crippen molar-refractivity contribution in [2.45, 2.75) is 39.5 Å². The van der Waals surface area contributed by atoms with Gasteiger partial charge in [-0.25, -0.2) is 0 Å². The van der Waals surface area contributed by atoms with Gasteiger partial charge >= 0.3 is 0 Å². The fourth-order valence-corrected chi connectivity index (χ4v) is 4.01. The number of hydrogen-bond acceptors (Lipinski definition) is 6. The Morgan fingerprint density at radius 1 is 1.04 bits per heavy atom. The predicted molar refractivity (Wildman–Crippen MR) is 101 cm³/mol. The molecule has 2 unspecified atom stereocenters. The molecule has 1 saturated carbocycles. The Balaban J connectivity index is 2.45. The lowest BCUT2D eigenvalue weighted by Crippen LogP contribution is -2.16. The van der Waals surface area contributed by atoms with Crippen molar-refractivity contribution in [1.29, 1.82) is 10.8 Å². The Labute approximate surface area is 149 Å². The molecule has 10 heteroatoms. The van der Waals surface area contributed by atoms with E-state index in [1.165, 1.54) is 13.8 Å². The SMILES string of the molecule is CC(=O)N=C(N)SC(=N)CC1CCC(C(=N)SC(N)=NC(C)=O)C1. The number of thioether (sulfide) groups is 2. The molecular weight excluding hydrogens is 348 g/mol. The summed E-state index contributed by atoms with van der Waals surface area (Å²) in [4.78, 5) is 28.9. The van der Waals surface area contributed by atoms with Crippen molar-refractivity contribution in [3.63, 3.8) is 0 Å². The molecule has 1 aliphatic carbocycles. The zero-order valence-electron chi connectivity index (χ0n) is 13.7. The lowest BCUT2D eigenvalue weighted by molar-refractivity contribution is -0.116. The van der Waals surface area contributed by atoms with Crippen molar-refractivity contribution in [1.82, 2.24) is 0 Å². The van der Waals surface area contributed by atoms with Gasteiger partial charge in [-0.05, 0) is 55.1 Å². The summed E-state index contributed by atoms with van der Waals surface area (Å²) in [6.07, 6.45) is 3.08. The summed E-state index contributed by atoms with van der Waals surface area (Å²) in [7, 11) is 0. The van der Waals surface area contributed by atoms with E-state index in [-0.39, 0.29) is 34.0 Å². The highest BCUT2D eigenvalue weighted by Crippen LogP contribution is 2.37. The largest absolute Gasteiger partial charge is 0.378 e. The fraction of sp³-hybridized carbons (Fsp3) is 0.571. The molecule has 0 aromatic rings. The minimum Gasteiger partial charge on any atom is -0.378 e. The van der Waals surface area contributed by atoms with Gasteiger partial charge in [-0.2, -0.15) is 9.98 Å². The number of nitrogens with one attached hydrogen (secondary N) is 2. The van der Waals surface area contributed by atoms with Crippen LogP contribution < -0.4 is 11.5 Å². The summed E-state index contributed by atoms with van der Waals surface area (Å²) in [5.41, 5.74) is 11.2. The van der Waals surface area contributed by atoms with E-state index in [0.717, 1.165) is 42.8 Å². The maximum Gasteiger partial charge on any atom is 0.244 e. The predicted octanol–water partition coefficient (Wildman–Crippen LogP) is 1.94. The number of amides is 2. The van der Waals surface area contributed by atoms with E-state index in [9.17, 15) is 9.59 Å². The van der Waals surface area contributed by atoms with Crippen LogP contribution in [0.2, 0.25) is 0 Å². The van der Waals surface area contributed by atoms with Crippen LogP contribution in [0.5, 0.6) is 0 Å². The lowest BCUT2D eigenvalue weighted by atomic mass is 10.0. The highest BCUT2D eigenvalue weighted by molar-refractivity contribution is 8.26. The van der Waals surface area contributed by atoms with Gasteiger partial charge in [0.25, 0.3) is 0 Å². The normalized spacial score (nSPS) is 21.6. The standard InChI is InChI=1S/C14H22N6O2S2/c1-7(21)19-13(17)23-11(15)6-9-3-4-10(5-9)12(16)24-14(18)20-8(2)22/h9-10,15-16H,3-6H2,1-2H3,(H2,17,19,21)(H2,18,20,22). The van der Waals surface area contributed by atoms with E-state index in [0.29, 0.717) is 16.5 Å². The average molecular weight is 371 g/mol. The van der Waals surface area contributed by atoms with Gasteiger partial charge in [0.05, 0.1) is 10.1 Å². The molecule has 2 atom stereocenters. The van der Waals surface area contributed by atoms with Crippen molar-refractivity contribution in [3.8, 4) is 0 Å². The van der Waals surface area contributed by atoms with E-state index in [4.69, 9.17) is 22.3 Å². The first kappa shape index (κ1) is 20.4. The number of aliphatic imine (C=N–C) groups is 2. The van der Waals surface area contributed by atoms with Crippen LogP contribution >= 0.6 is 23.5 Å². The third kappa shape index (κ3) is 7.73. The zero-order chi connectivity index (χ0) is 18.3. The number of nitrogens with zero attached hydrogens (tertiary/aromatic N) is 2. The molecule has 2 amide bonds. The van der Waals surface area contributed by atoms with Gasteiger partial charge < -0.3 is 11.5 Å². The Hall–Kier alpha value is -1.68. The van der Waals surface area contributed by atoms with Crippen molar-refractivity contribution in [3.05, 3.63) is 0 Å². The van der Waals surface area contributed by atoms with Gasteiger partial charge in [0, 0.05) is 19.8 Å². The highest BCUT2D eigenvalue weighted by atomic mass is 32.2. The molecule has 0 bridgehead atoms. The van der Waals surface area contributed by atoms with Crippen molar-refractivity contribution < 1.29 is 9.59 Å². The molecule has 1 aliphatic rings.